The van der Waals surface area contributed by atoms with Crippen molar-refractivity contribution in [3.63, 3.8) is 0 Å². The van der Waals surface area contributed by atoms with Crippen molar-refractivity contribution in [1.82, 2.24) is 14.9 Å². The Labute approximate surface area is 165 Å². The molecule has 5 nitrogen and oxygen atoms in total. The van der Waals surface area contributed by atoms with E-state index in [2.05, 4.69) is 9.97 Å². The number of amides is 1. The van der Waals surface area contributed by atoms with Crippen LogP contribution >= 0.6 is 11.3 Å². The van der Waals surface area contributed by atoms with Crippen molar-refractivity contribution >= 4 is 28.3 Å². The second kappa shape index (κ2) is 7.52. The smallest absolute Gasteiger partial charge is 0.254 e. The molecule has 0 saturated heterocycles. The molecule has 0 fully saturated rings. The van der Waals surface area contributed by atoms with Gasteiger partial charge in [0, 0.05) is 24.2 Å². The average molecular weight is 395 g/mol. The van der Waals surface area contributed by atoms with E-state index in [1.54, 1.807) is 54.5 Å². The van der Waals surface area contributed by atoms with E-state index in [4.69, 9.17) is 4.42 Å². The third-order valence-corrected chi connectivity index (χ3v) is 5.64. The standard InChI is InChI=1S/C21H18FN3O2S/c1-13(20-23-9-10-28-20)25(2)21(26)15-7-8-17-18(11-15)27-19(24-17)12-14-5-3-4-6-16(14)22/h3-11,13H,12H2,1-2H3. The van der Waals surface area contributed by atoms with E-state index in [0.29, 0.717) is 28.1 Å². The van der Waals surface area contributed by atoms with Crippen LogP contribution in [-0.2, 0) is 6.42 Å². The number of carbonyl (C=O) groups is 1. The van der Waals surface area contributed by atoms with Crippen molar-refractivity contribution in [2.75, 3.05) is 7.05 Å². The molecule has 28 heavy (non-hydrogen) atoms. The largest absolute Gasteiger partial charge is 0.440 e. The highest BCUT2D eigenvalue weighted by molar-refractivity contribution is 7.09. The Hall–Kier alpha value is -3.06. The number of benzene rings is 2. The van der Waals surface area contributed by atoms with Crippen molar-refractivity contribution in [1.29, 1.82) is 0 Å². The number of oxazole rings is 1. The Kier molecular flexibility index (Phi) is 4.92. The number of nitrogens with zero attached hydrogens (tertiary/aromatic N) is 3. The monoisotopic (exact) mass is 395 g/mol. The molecule has 1 amide bonds. The molecule has 0 radical (unpaired) electrons. The van der Waals surface area contributed by atoms with E-state index < -0.39 is 0 Å². The second-order valence-corrected chi connectivity index (χ2v) is 7.45. The normalized spacial score (nSPS) is 12.2. The van der Waals surface area contributed by atoms with Crippen LogP contribution in [0.15, 0.2) is 58.5 Å². The quantitative estimate of drug-likeness (QED) is 0.485. The summed E-state index contributed by atoms with van der Waals surface area (Å²) in [4.78, 5) is 23.2. The average Bonchev–Trinajstić information content (AvgIpc) is 3.37. The van der Waals surface area contributed by atoms with Gasteiger partial charge in [0.1, 0.15) is 16.3 Å². The third-order valence-electron chi connectivity index (χ3n) is 4.69. The highest BCUT2D eigenvalue weighted by Gasteiger charge is 2.21. The Morgan fingerprint density at radius 2 is 2.11 bits per heavy atom. The zero-order chi connectivity index (χ0) is 19.7. The fourth-order valence-electron chi connectivity index (χ4n) is 2.97. The first kappa shape index (κ1) is 18.3. The molecule has 1 atom stereocenters. The minimum absolute atomic E-state index is 0.128. The maximum atomic E-state index is 13.9. The van der Waals surface area contributed by atoms with Crippen LogP contribution in [0.4, 0.5) is 4.39 Å². The number of aromatic nitrogens is 2. The number of carbonyl (C=O) groups excluding carboxylic acids is 1. The van der Waals surface area contributed by atoms with Gasteiger partial charge in [-0.3, -0.25) is 4.79 Å². The minimum Gasteiger partial charge on any atom is -0.440 e. The van der Waals surface area contributed by atoms with Gasteiger partial charge in [-0.25, -0.2) is 14.4 Å². The van der Waals surface area contributed by atoms with Crippen LogP contribution in [-0.4, -0.2) is 27.8 Å². The van der Waals surface area contributed by atoms with Crippen molar-refractivity contribution in [3.8, 4) is 0 Å². The van der Waals surface area contributed by atoms with Crippen molar-refractivity contribution in [2.45, 2.75) is 19.4 Å². The number of rotatable bonds is 5. The third kappa shape index (κ3) is 3.53. The van der Waals surface area contributed by atoms with Crippen LogP contribution in [0, 0.1) is 5.82 Å². The maximum Gasteiger partial charge on any atom is 0.254 e. The lowest BCUT2D eigenvalue weighted by molar-refractivity contribution is 0.0742. The Bertz CT molecular complexity index is 1120. The topological polar surface area (TPSA) is 59.2 Å². The van der Waals surface area contributed by atoms with Gasteiger partial charge in [0.25, 0.3) is 5.91 Å². The summed E-state index contributed by atoms with van der Waals surface area (Å²) in [6.45, 7) is 1.94. The van der Waals surface area contributed by atoms with E-state index in [1.807, 2.05) is 12.3 Å². The maximum absolute atomic E-state index is 13.9. The lowest BCUT2D eigenvalue weighted by atomic mass is 10.1. The zero-order valence-corrected chi connectivity index (χ0v) is 16.2. The molecule has 0 N–H and O–H groups in total. The van der Waals surface area contributed by atoms with Crippen LogP contribution in [0.25, 0.3) is 11.1 Å². The van der Waals surface area contributed by atoms with Crippen molar-refractivity contribution < 1.29 is 13.6 Å². The predicted molar refractivity (Wildman–Crippen MR) is 106 cm³/mol. The molecule has 0 spiro atoms. The summed E-state index contributed by atoms with van der Waals surface area (Å²) in [5, 5.41) is 2.77. The van der Waals surface area contributed by atoms with Crippen molar-refractivity contribution in [2.24, 2.45) is 0 Å². The first-order valence-electron chi connectivity index (χ1n) is 8.82. The van der Waals surface area contributed by atoms with Crippen molar-refractivity contribution in [3.05, 3.63) is 81.9 Å². The number of thiazole rings is 1. The van der Waals surface area contributed by atoms with Gasteiger partial charge in [-0.2, -0.15) is 0 Å². The fraction of sp³-hybridized carbons (Fsp3) is 0.190. The lowest BCUT2D eigenvalue weighted by Gasteiger charge is -2.23. The molecule has 1 unspecified atom stereocenters. The molecule has 2 heterocycles. The van der Waals surface area contributed by atoms with E-state index in [0.717, 1.165) is 5.01 Å². The molecule has 0 bridgehead atoms. The highest BCUT2D eigenvalue weighted by atomic mass is 32.1. The molecule has 0 aliphatic heterocycles. The van der Waals surface area contributed by atoms with Crippen LogP contribution < -0.4 is 0 Å². The predicted octanol–water partition coefficient (Wildman–Crippen LogP) is 4.85. The number of hydrogen-bond donors (Lipinski definition) is 0. The second-order valence-electron chi connectivity index (χ2n) is 6.52. The molecule has 0 aliphatic rings. The summed E-state index contributed by atoms with van der Waals surface area (Å²) in [6.07, 6.45) is 1.98. The van der Waals surface area contributed by atoms with Gasteiger partial charge in [-0.15, -0.1) is 11.3 Å². The molecule has 2 aromatic heterocycles. The number of fused-ring (bicyclic) bond motifs is 1. The van der Waals surface area contributed by atoms with Gasteiger partial charge in [0.15, 0.2) is 11.5 Å². The number of halogens is 1. The van der Waals surface area contributed by atoms with Gasteiger partial charge in [0.2, 0.25) is 0 Å². The van der Waals surface area contributed by atoms with Gasteiger partial charge in [-0.05, 0) is 36.8 Å². The molecule has 142 valence electrons. The van der Waals surface area contributed by atoms with Gasteiger partial charge < -0.3 is 9.32 Å². The van der Waals surface area contributed by atoms with E-state index >= 15 is 0 Å². The highest BCUT2D eigenvalue weighted by Crippen LogP contribution is 2.25. The zero-order valence-electron chi connectivity index (χ0n) is 15.4. The Morgan fingerprint density at radius 3 is 2.86 bits per heavy atom. The van der Waals surface area contributed by atoms with Crippen LogP contribution in [0.1, 0.15) is 39.8 Å². The van der Waals surface area contributed by atoms with E-state index in [-0.39, 0.29) is 24.2 Å². The SMILES string of the molecule is CC(c1nccs1)N(C)C(=O)c1ccc2nc(Cc3ccccc3F)oc2c1. The van der Waals surface area contributed by atoms with Crippen LogP contribution in [0.2, 0.25) is 0 Å². The summed E-state index contributed by atoms with van der Waals surface area (Å²) in [5.41, 5.74) is 2.17. The van der Waals surface area contributed by atoms with E-state index in [1.165, 1.54) is 17.4 Å². The molecule has 4 aromatic rings. The van der Waals surface area contributed by atoms with Crippen LogP contribution in [0.3, 0.4) is 0 Å². The summed E-state index contributed by atoms with van der Waals surface area (Å²) in [5.74, 6) is -0.00992. The van der Waals surface area contributed by atoms with Gasteiger partial charge in [0.05, 0.1) is 12.5 Å². The van der Waals surface area contributed by atoms with Gasteiger partial charge >= 0.3 is 0 Å². The van der Waals surface area contributed by atoms with Gasteiger partial charge in [-0.1, -0.05) is 18.2 Å². The molecule has 2 aromatic carbocycles. The molecular weight excluding hydrogens is 377 g/mol. The summed E-state index contributed by atoms with van der Waals surface area (Å²) in [6, 6.07) is 11.6. The fourth-order valence-corrected chi connectivity index (χ4v) is 3.71. The molecular formula is C21H18FN3O2S. The number of hydrogen-bond acceptors (Lipinski definition) is 5. The summed E-state index contributed by atoms with van der Waals surface area (Å²) in [7, 11) is 1.75. The van der Waals surface area contributed by atoms with E-state index in [9.17, 15) is 9.18 Å². The molecule has 0 aliphatic carbocycles. The first-order chi connectivity index (χ1) is 13.5. The first-order valence-corrected chi connectivity index (χ1v) is 9.70. The Morgan fingerprint density at radius 1 is 1.29 bits per heavy atom. The molecule has 7 heteroatoms. The summed E-state index contributed by atoms with van der Waals surface area (Å²) < 4.78 is 19.6. The Balaban J connectivity index is 1.57. The molecule has 0 saturated carbocycles. The minimum atomic E-state index is -0.293. The van der Waals surface area contributed by atoms with Crippen LogP contribution in [0.5, 0.6) is 0 Å². The lowest BCUT2D eigenvalue weighted by Crippen LogP contribution is -2.29. The summed E-state index contributed by atoms with van der Waals surface area (Å²) >= 11 is 1.52. The molecule has 4 rings (SSSR count).